The molecule has 0 aliphatic heterocycles. The highest BCUT2D eigenvalue weighted by Gasteiger charge is 2.10. The third kappa shape index (κ3) is 1.35. The van der Waals surface area contributed by atoms with E-state index in [-0.39, 0.29) is 0 Å². The van der Waals surface area contributed by atoms with E-state index in [0.717, 1.165) is 17.0 Å². The van der Waals surface area contributed by atoms with E-state index in [9.17, 15) is 0 Å². The van der Waals surface area contributed by atoms with Crippen LogP contribution in [-0.2, 0) is 0 Å². The van der Waals surface area contributed by atoms with Gasteiger partial charge in [0, 0.05) is 5.56 Å². The fraction of sp³-hybridized carbons (Fsp3) is 0.200. The number of hydrogen-bond donors (Lipinski definition) is 1. The van der Waals surface area contributed by atoms with Crippen molar-refractivity contribution in [2.24, 2.45) is 0 Å². The van der Waals surface area contributed by atoms with Crippen LogP contribution in [0.2, 0.25) is 0 Å². The molecule has 4 nitrogen and oxygen atoms in total. The lowest BCUT2D eigenvalue weighted by atomic mass is 10.2. The Hall–Kier alpha value is -1.84. The molecule has 0 saturated carbocycles. The predicted molar refractivity (Wildman–Crippen MR) is 53.6 cm³/mol. The van der Waals surface area contributed by atoms with Gasteiger partial charge in [0.1, 0.15) is 17.3 Å². The van der Waals surface area contributed by atoms with Crippen molar-refractivity contribution in [3.8, 4) is 11.5 Å². The molecule has 0 spiro atoms. The molecule has 4 heteroatoms. The Labute approximate surface area is 81.8 Å². The van der Waals surface area contributed by atoms with E-state index in [1.165, 1.54) is 0 Å². The Balaban J connectivity index is 2.64. The van der Waals surface area contributed by atoms with Gasteiger partial charge in [0.2, 0.25) is 0 Å². The van der Waals surface area contributed by atoms with Crippen molar-refractivity contribution in [1.82, 2.24) is 9.97 Å². The molecule has 2 N–H and O–H groups in total. The van der Waals surface area contributed by atoms with Crippen molar-refractivity contribution in [2.75, 3.05) is 5.73 Å². The zero-order valence-corrected chi connectivity index (χ0v) is 8.11. The smallest absolute Gasteiger partial charge is 0.152 e. The number of hydrogen-bond acceptors (Lipinski definition) is 4. The van der Waals surface area contributed by atoms with Crippen LogP contribution < -0.4 is 5.73 Å². The van der Waals surface area contributed by atoms with Gasteiger partial charge < -0.3 is 10.2 Å². The lowest BCUT2D eigenvalue weighted by molar-refractivity contribution is 0.579. The monoisotopic (exact) mass is 189 g/mol. The second-order valence-electron chi connectivity index (χ2n) is 3.11. The van der Waals surface area contributed by atoms with Crippen molar-refractivity contribution in [3.63, 3.8) is 0 Å². The molecule has 0 aliphatic rings. The van der Waals surface area contributed by atoms with Gasteiger partial charge in [-0.2, -0.15) is 0 Å². The van der Waals surface area contributed by atoms with Gasteiger partial charge in [0.25, 0.3) is 0 Å². The number of nitrogens with two attached hydrogens (primary N) is 1. The van der Waals surface area contributed by atoms with Gasteiger partial charge in [-0.3, -0.25) is 0 Å². The van der Waals surface area contributed by atoms with E-state index in [4.69, 9.17) is 10.2 Å². The topological polar surface area (TPSA) is 64.9 Å². The molecule has 0 amide bonds. The summed E-state index contributed by atoms with van der Waals surface area (Å²) in [5.41, 5.74) is 7.35. The highest BCUT2D eigenvalue weighted by Crippen LogP contribution is 2.24. The van der Waals surface area contributed by atoms with Crippen LogP contribution in [0.1, 0.15) is 11.4 Å². The van der Waals surface area contributed by atoms with E-state index >= 15 is 0 Å². The lowest BCUT2D eigenvalue weighted by Crippen LogP contribution is -2.01. The third-order valence-electron chi connectivity index (χ3n) is 2.05. The quantitative estimate of drug-likeness (QED) is 0.744. The zero-order valence-electron chi connectivity index (χ0n) is 8.11. The third-order valence-corrected chi connectivity index (χ3v) is 2.05. The fourth-order valence-corrected chi connectivity index (χ4v) is 1.30. The van der Waals surface area contributed by atoms with Crippen LogP contribution in [0.5, 0.6) is 0 Å². The highest BCUT2D eigenvalue weighted by atomic mass is 16.3. The average molecular weight is 189 g/mol. The Bertz CT molecular complexity index is 449. The minimum Gasteiger partial charge on any atom is -0.463 e. The van der Waals surface area contributed by atoms with Gasteiger partial charge >= 0.3 is 0 Å². The average Bonchev–Trinajstić information content (AvgIpc) is 2.63. The second kappa shape index (κ2) is 3.14. The van der Waals surface area contributed by atoms with Gasteiger partial charge in [-0.1, -0.05) is 0 Å². The molecule has 0 aliphatic carbocycles. The van der Waals surface area contributed by atoms with Crippen molar-refractivity contribution >= 4 is 5.82 Å². The SMILES string of the molecule is Cc1nc(N)c(C)c(-c2ccco2)n1. The van der Waals surface area contributed by atoms with Gasteiger partial charge in [-0.25, -0.2) is 9.97 Å². The van der Waals surface area contributed by atoms with Crippen LogP contribution >= 0.6 is 0 Å². The summed E-state index contributed by atoms with van der Waals surface area (Å²) in [5.74, 6) is 1.88. The molecule has 2 aromatic heterocycles. The van der Waals surface area contributed by atoms with Crippen LogP contribution in [0.15, 0.2) is 22.8 Å². The van der Waals surface area contributed by atoms with Crippen molar-refractivity contribution in [1.29, 1.82) is 0 Å². The molecule has 0 bridgehead atoms. The first kappa shape index (κ1) is 8.74. The van der Waals surface area contributed by atoms with Crippen LogP contribution in [0.4, 0.5) is 5.82 Å². The van der Waals surface area contributed by atoms with Gasteiger partial charge in [0.05, 0.1) is 6.26 Å². The Morgan fingerprint density at radius 2 is 2.07 bits per heavy atom. The first-order chi connectivity index (χ1) is 6.68. The molecular formula is C10H11N3O. The van der Waals surface area contributed by atoms with Gasteiger partial charge in [-0.05, 0) is 26.0 Å². The van der Waals surface area contributed by atoms with E-state index < -0.39 is 0 Å². The molecule has 0 atom stereocenters. The maximum atomic E-state index is 5.73. The second-order valence-corrected chi connectivity index (χ2v) is 3.11. The van der Waals surface area contributed by atoms with Crippen LogP contribution in [-0.4, -0.2) is 9.97 Å². The maximum Gasteiger partial charge on any atom is 0.152 e. The summed E-state index contributed by atoms with van der Waals surface area (Å²) in [6, 6.07) is 3.68. The molecule has 0 fully saturated rings. The first-order valence-electron chi connectivity index (χ1n) is 4.33. The predicted octanol–water partition coefficient (Wildman–Crippen LogP) is 1.94. The molecule has 2 aromatic rings. The number of nitrogens with zero attached hydrogens (tertiary/aromatic N) is 2. The maximum absolute atomic E-state index is 5.73. The minimum absolute atomic E-state index is 0.504. The minimum atomic E-state index is 0.504. The van der Waals surface area contributed by atoms with Crippen LogP contribution in [0.3, 0.4) is 0 Å². The number of nitrogen functional groups attached to an aromatic ring is 1. The van der Waals surface area contributed by atoms with Crippen LogP contribution in [0, 0.1) is 13.8 Å². The number of rotatable bonds is 1. The summed E-state index contributed by atoms with van der Waals surface area (Å²) in [4.78, 5) is 8.36. The largest absolute Gasteiger partial charge is 0.463 e. The number of aryl methyl sites for hydroxylation is 1. The molecule has 0 saturated heterocycles. The zero-order chi connectivity index (χ0) is 10.1. The summed E-state index contributed by atoms with van der Waals surface area (Å²) in [6.07, 6.45) is 1.61. The summed E-state index contributed by atoms with van der Waals surface area (Å²) >= 11 is 0. The summed E-state index contributed by atoms with van der Waals surface area (Å²) in [7, 11) is 0. The standard InChI is InChI=1S/C10H11N3O/c1-6-9(8-4-3-5-14-8)12-7(2)13-10(6)11/h3-5H,1-2H3,(H2,11,12,13). The first-order valence-corrected chi connectivity index (χ1v) is 4.33. The molecule has 2 rings (SSSR count). The Kier molecular flexibility index (Phi) is 1.96. The van der Waals surface area contributed by atoms with E-state index in [1.807, 2.05) is 26.0 Å². The highest BCUT2D eigenvalue weighted by molar-refractivity contribution is 5.62. The van der Waals surface area contributed by atoms with Gasteiger partial charge in [0.15, 0.2) is 5.76 Å². The molecular weight excluding hydrogens is 178 g/mol. The number of aromatic nitrogens is 2. The van der Waals surface area contributed by atoms with Gasteiger partial charge in [-0.15, -0.1) is 0 Å². The molecule has 72 valence electrons. The Morgan fingerprint density at radius 3 is 2.71 bits per heavy atom. The van der Waals surface area contributed by atoms with E-state index in [2.05, 4.69) is 9.97 Å². The molecule has 14 heavy (non-hydrogen) atoms. The molecule has 0 unspecified atom stereocenters. The van der Waals surface area contributed by atoms with E-state index in [0.29, 0.717) is 11.6 Å². The molecule has 0 radical (unpaired) electrons. The number of furan rings is 1. The van der Waals surface area contributed by atoms with Crippen molar-refractivity contribution < 1.29 is 4.42 Å². The van der Waals surface area contributed by atoms with Crippen LogP contribution in [0.25, 0.3) is 11.5 Å². The lowest BCUT2D eigenvalue weighted by Gasteiger charge is -2.05. The van der Waals surface area contributed by atoms with Crippen molar-refractivity contribution in [2.45, 2.75) is 13.8 Å². The summed E-state index contributed by atoms with van der Waals surface area (Å²) in [6.45, 7) is 3.69. The molecule has 2 heterocycles. The normalized spacial score (nSPS) is 10.4. The number of anilines is 1. The summed E-state index contributed by atoms with van der Waals surface area (Å²) in [5, 5.41) is 0. The van der Waals surface area contributed by atoms with E-state index in [1.54, 1.807) is 6.26 Å². The van der Waals surface area contributed by atoms with Crippen molar-refractivity contribution in [3.05, 3.63) is 29.8 Å². The summed E-state index contributed by atoms with van der Waals surface area (Å²) < 4.78 is 5.26. The Morgan fingerprint density at radius 1 is 1.29 bits per heavy atom. The molecule has 0 aromatic carbocycles. The fourth-order valence-electron chi connectivity index (χ4n) is 1.30.